The first-order chi connectivity index (χ1) is 7.50. The van der Waals surface area contributed by atoms with Gasteiger partial charge in [-0.1, -0.05) is 0 Å². The molecule has 0 radical (unpaired) electrons. The summed E-state index contributed by atoms with van der Waals surface area (Å²) in [5, 5.41) is 9.32. The molecule has 1 aromatic heterocycles. The number of ether oxygens (including phenoxy) is 1. The molecule has 0 aliphatic heterocycles. The Balaban J connectivity index is 2.43. The van der Waals surface area contributed by atoms with Gasteiger partial charge in [-0.25, -0.2) is 18.6 Å². The van der Waals surface area contributed by atoms with E-state index in [-0.39, 0.29) is 12.3 Å². The lowest BCUT2D eigenvalue weighted by molar-refractivity contribution is 0.0187. The number of alkyl halides is 2. The van der Waals surface area contributed by atoms with Crippen molar-refractivity contribution in [2.75, 3.05) is 13.2 Å². The molecule has 4 nitrogen and oxygen atoms in total. The van der Waals surface area contributed by atoms with E-state index in [1.165, 1.54) is 11.3 Å². The molecule has 0 aliphatic carbocycles. The van der Waals surface area contributed by atoms with Gasteiger partial charge in [0.25, 0.3) is 6.43 Å². The first-order valence-corrected chi connectivity index (χ1v) is 5.38. The molecule has 1 heterocycles. The molecule has 1 aromatic rings. The number of hydrogen-bond donors (Lipinski definition) is 1. The van der Waals surface area contributed by atoms with E-state index >= 15 is 0 Å². The second kappa shape index (κ2) is 5.86. The van der Waals surface area contributed by atoms with E-state index in [0.717, 1.165) is 0 Å². The molecule has 0 atom stereocenters. The molecule has 1 rings (SSSR count). The highest BCUT2D eigenvalue weighted by atomic mass is 32.1. The highest BCUT2D eigenvalue weighted by Crippen LogP contribution is 2.17. The minimum absolute atomic E-state index is 0.0221. The number of aryl methyl sites for hydroxylation is 1. The van der Waals surface area contributed by atoms with Crippen LogP contribution in [0.3, 0.4) is 0 Å². The first-order valence-electron chi connectivity index (χ1n) is 4.56. The summed E-state index contributed by atoms with van der Waals surface area (Å²) in [4.78, 5) is 15.2. The number of aromatic carboxylic acids is 1. The Morgan fingerprint density at radius 1 is 1.62 bits per heavy atom. The number of thiazole rings is 1. The zero-order valence-electron chi connectivity index (χ0n) is 8.57. The predicted molar refractivity (Wildman–Crippen MR) is 54.3 cm³/mol. The molecule has 0 saturated heterocycles. The van der Waals surface area contributed by atoms with Crippen LogP contribution in [0.15, 0.2) is 0 Å². The lowest BCUT2D eigenvalue weighted by Gasteiger charge is -2.00. The molecule has 0 bridgehead atoms. The summed E-state index contributed by atoms with van der Waals surface area (Å²) in [7, 11) is 0. The van der Waals surface area contributed by atoms with Crippen LogP contribution in [0, 0.1) is 6.92 Å². The summed E-state index contributed by atoms with van der Waals surface area (Å²) in [5.74, 6) is -1.08. The number of carbonyl (C=O) groups is 1. The number of carboxylic acids is 1. The van der Waals surface area contributed by atoms with Crippen LogP contribution in [0.2, 0.25) is 0 Å². The van der Waals surface area contributed by atoms with Gasteiger partial charge in [0, 0.05) is 11.3 Å². The SMILES string of the molecule is Cc1sc(CCOCC(F)F)nc1C(=O)O. The van der Waals surface area contributed by atoms with Gasteiger partial charge in [-0.3, -0.25) is 0 Å². The van der Waals surface area contributed by atoms with E-state index in [9.17, 15) is 13.6 Å². The van der Waals surface area contributed by atoms with Gasteiger partial charge in [-0.2, -0.15) is 0 Å². The Morgan fingerprint density at radius 2 is 2.31 bits per heavy atom. The van der Waals surface area contributed by atoms with Crippen molar-refractivity contribution in [3.63, 3.8) is 0 Å². The Morgan fingerprint density at radius 3 is 2.81 bits per heavy atom. The fourth-order valence-corrected chi connectivity index (χ4v) is 1.99. The number of carboxylic acid groups (broad SMARTS) is 1. The van der Waals surface area contributed by atoms with Crippen molar-refractivity contribution in [1.29, 1.82) is 0 Å². The van der Waals surface area contributed by atoms with Gasteiger partial charge in [0.05, 0.1) is 11.6 Å². The van der Waals surface area contributed by atoms with Crippen molar-refractivity contribution in [3.8, 4) is 0 Å². The molecule has 16 heavy (non-hydrogen) atoms. The highest BCUT2D eigenvalue weighted by Gasteiger charge is 2.13. The number of aromatic nitrogens is 1. The summed E-state index contributed by atoms with van der Waals surface area (Å²) < 4.78 is 28.1. The quantitative estimate of drug-likeness (QED) is 0.785. The minimum atomic E-state index is -2.48. The maximum atomic E-state index is 11.7. The monoisotopic (exact) mass is 251 g/mol. The zero-order chi connectivity index (χ0) is 12.1. The summed E-state index contributed by atoms with van der Waals surface area (Å²) >= 11 is 1.24. The van der Waals surface area contributed by atoms with Crippen LogP contribution in [-0.4, -0.2) is 35.7 Å². The zero-order valence-corrected chi connectivity index (χ0v) is 9.39. The minimum Gasteiger partial charge on any atom is -0.476 e. The highest BCUT2D eigenvalue weighted by molar-refractivity contribution is 7.11. The predicted octanol–water partition coefficient (Wildman–Crippen LogP) is 1.97. The average molecular weight is 251 g/mol. The third-order valence-corrected chi connectivity index (χ3v) is 2.78. The van der Waals surface area contributed by atoms with Crippen molar-refractivity contribution < 1.29 is 23.4 Å². The molecule has 90 valence electrons. The van der Waals surface area contributed by atoms with Crippen LogP contribution in [0.1, 0.15) is 20.4 Å². The lowest BCUT2D eigenvalue weighted by atomic mass is 10.4. The van der Waals surface area contributed by atoms with Crippen LogP contribution in [-0.2, 0) is 11.2 Å². The first kappa shape index (κ1) is 13.0. The second-order valence-electron chi connectivity index (χ2n) is 3.03. The number of nitrogens with zero attached hydrogens (tertiary/aromatic N) is 1. The van der Waals surface area contributed by atoms with Crippen LogP contribution in [0.5, 0.6) is 0 Å². The van der Waals surface area contributed by atoms with Gasteiger partial charge in [-0.15, -0.1) is 11.3 Å². The Bertz CT molecular complexity index is 368. The molecule has 0 aliphatic rings. The molecule has 0 unspecified atom stereocenters. The smallest absolute Gasteiger partial charge is 0.355 e. The summed E-state index contributed by atoms with van der Waals surface area (Å²) in [5.41, 5.74) is 0.0221. The van der Waals surface area contributed by atoms with E-state index in [0.29, 0.717) is 16.3 Å². The van der Waals surface area contributed by atoms with E-state index in [1.807, 2.05) is 0 Å². The van der Waals surface area contributed by atoms with Crippen molar-refractivity contribution >= 4 is 17.3 Å². The van der Waals surface area contributed by atoms with Gasteiger partial charge in [0.2, 0.25) is 0 Å². The standard InChI is InChI=1S/C9H11F2NO3S/c1-5-8(9(13)14)12-7(16-5)2-3-15-4-6(10)11/h6H,2-4H2,1H3,(H,13,14). The van der Waals surface area contributed by atoms with E-state index in [1.54, 1.807) is 6.92 Å². The average Bonchev–Trinajstić information content (AvgIpc) is 2.54. The Kier molecular flexibility index (Phi) is 4.75. The van der Waals surface area contributed by atoms with Gasteiger partial charge >= 0.3 is 5.97 Å². The molecule has 0 amide bonds. The summed E-state index contributed by atoms with van der Waals surface area (Å²) in [6.07, 6.45) is -2.13. The van der Waals surface area contributed by atoms with Crippen molar-refractivity contribution in [2.45, 2.75) is 19.8 Å². The van der Waals surface area contributed by atoms with Gasteiger partial charge < -0.3 is 9.84 Å². The number of hydrogen-bond acceptors (Lipinski definition) is 4. The van der Waals surface area contributed by atoms with E-state index < -0.39 is 19.0 Å². The molecule has 1 N–H and O–H groups in total. The largest absolute Gasteiger partial charge is 0.476 e. The summed E-state index contributed by atoms with van der Waals surface area (Å²) in [6.45, 7) is 1.18. The summed E-state index contributed by atoms with van der Waals surface area (Å²) in [6, 6.07) is 0. The molecule has 0 aromatic carbocycles. The molecular weight excluding hydrogens is 240 g/mol. The van der Waals surface area contributed by atoms with Crippen LogP contribution >= 0.6 is 11.3 Å². The molecule has 0 spiro atoms. The van der Waals surface area contributed by atoms with Crippen LogP contribution in [0.25, 0.3) is 0 Å². The third kappa shape index (κ3) is 3.82. The molecular formula is C9H11F2NO3S. The van der Waals surface area contributed by atoms with Crippen molar-refractivity contribution in [3.05, 3.63) is 15.6 Å². The maximum absolute atomic E-state index is 11.7. The molecule has 0 fully saturated rings. The van der Waals surface area contributed by atoms with Gasteiger partial charge in [0.15, 0.2) is 5.69 Å². The second-order valence-corrected chi connectivity index (χ2v) is 4.32. The number of halogens is 2. The van der Waals surface area contributed by atoms with Crippen LogP contribution in [0.4, 0.5) is 8.78 Å². The van der Waals surface area contributed by atoms with E-state index in [2.05, 4.69) is 9.72 Å². The molecule has 7 heteroatoms. The van der Waals surface area contributed by atoms with Crippen LogP contribution < -0.4 is 0 Å². The van der Waals surface area contributed by atoms with Crippen molar-refractivity contribution in [2.24, 2.45) is 0 Å². The maximum Gasteiger partial charge on any atom is 0.355 e. The number of rotatable bonds is 6. The topological polar surface area (TPSA) is 59.4 Å². The fraction of sp³-hybridized carbons (Fsp3) is 0.556. The third-order valence-electron chi connectivity index (χ3n) is 1.75. The van der Waals surface area contributed by atoms with Gasteiger partial charge in [-0.05, 0) is 6.92 Å². The molecule has 0 saturated carbocycles. The lowest BCUT2D eigenvalue weighted by Crippen LogP contribution is -2.07. The Hall–Kier alpha value is -1.08. The Labute approximate surface area is 94.9 Å². The van der Waals surface area contributed by atoms with Crippen molar-refractivity contribution in [1.82, 2.24) is 4.98 Å². The normalized spacial score (nSPS) is 11.0. The van der Waals surface area contributed by atoms with Gasteiger partial charge in [0.1, 0.15) is 6.61 Å². The van der Waals surface area contributed by atoms with E-state index in [4.69, 9.17) is 5.11 Å². The fourth-order valence-electron chi connectivity index (χ4n) is 1.09.